The zero-order valence-electron chi connectivity index (χ0n) is 15.1. The number of ether oxygens (including phenoxy) is 2. The molecule has 0 aromatic heterocycles. The van der Waals surface area contributed by atoms with Crippen LogP contribution in [0.2, 0.25) is 0 Å². The van der Waals surface area contributed by atoms with Gasteiger partial charge in [-0.15, -0.1) is 6.58 Å². The smallest absolute Gasteiger partial charge is 0.417 e. The van der Waals surface area contributed by atoms with E-state index in [0.29, 0.717) is 12.8 Å². The number of carbonyl (C=O) groups is 2. The lowest BCUT2D eigenvalue weighted by Crippen LogP contribution is -2.46. The van der Waals surface area contributed by atoms with Crippen LogP contribution in [0.15, 0.2) is 73.3 Å². The predicted molar refractivity (Wildman–Crippen MR) is 102 cm³/mol. The lowest BCUT2D eigenvalue weighted by molar-refractivity contribution is -0.142. The number of hydrogen-bond donors (Lipinski definition) is 0. The van der Waals surface area contributed by atoms with Crippen LogP contribution in [0.25, 0.3) is 0 Å². The van der Waals surface area contributed by atoms with Crippen molar-refractivity contribution in [3.63, 3.8) is 0 Å². The van der Waals surface area contributed by atoms with Gasteiger partial charge in [0.1, 0.15) is 12.7 Å². The fourth-order valence-corrected chi connectivity index (χ4v) is 3.08. The average molecular weight is 365 g/mol. The third kappa shape index (κ3) is 4.83. The zero-order valence-corrected chi connectivity index (χ0v) is 15.1. The molecule has 0 unspecified atom stereocenters. The Bertz CT molecular complexity index is 775. The number of benzene rings is 2. The number of imide groups is 1. The summed E-state index contributed by atoms with van der Waals surface area (Å²) in [5.41, 5.74) is 2.01. The SMILES string of the molecule is C=CC[C@@H](OCc1ccccc1)C(=O)N1C(=O)OC[C@@H]1Cc1ccccc1. The van der Waals surface area contributed by atoms with Gasteiger partial charge < -0.3 is 9.47 Å². The quantitative estimate of drug-likeness (QED) is 0.669. The maximum Gasteiger partial charge on any atom is 0.417 e. The van der Waals surface area contributed by atoms with Gasteiger partial charge in [0.05, 0.1) is 12.6 Å². The van der Waals surface area contributed by atoms with Gasteiger partial charge in [0, 0.05) is 6.42 Å². The second kappa shape index (κ2) is 9.14. The Balaban J connectivity index is 1.70. The van der Waals surface area contributed by atoms with Crippen LogP contribution in [-0.4, -0.2) is 35.7 Å². The van der Waals surface area contributed by atoms with E-state index in [4.69, 9.17) is 9.47 Å². The van der Waals surface area contributed by atoms with Crippen LogP contribution in [0.1, 0.15) is 17.5 Å². The van der Waals surface area contributed by atoms with E-state index in [2.05, 4.69) is 6.58 Å². The fraction of sp³-hybridized carbons (Fsp3) is 0.273. The van der Waals surface area contributed by atoms with Crippen molar-refractivity contribution >= 4 is 12.0 Å². The molecular weight excluding hydrogens is 342 g/mol. The normalized spacial score (nSPS) is 17.4. The first kappa shape index (κ1) is 18.9. The van der Waals surface area contributed by atoms with Gasteiger partial charge in [-0.05, 0) is 17.5 Å². The summed E-state index contributed by atoms with van der Waals surface area (Å²) in [5.74, 6) is -0.380. The van der Waals surface area contributed by atoms with Crippen molar-refractivity contribution in [2.45, 2.75) is 31.6 Å². The highest BCUT2D eigenvalue weighted by atomic mass is 16.6. The van der Waals surface area contributed by atoms with Gasteiger partial charge in [0.15, 0.2) is 0 Å². The summed E-state index contributed by atoms with van der Waals surface area (Å²) in [4.78, 5) is 26.4. The number of rotatable bonds is 8. The maximum absolute atomic E-state index is 13.0. The van der Waals surface area contributed by atoms with E-state index in [1.165, 1.54) is 4.90 Å². The summed E-state index contributed by atoms with van der Waals surface area (Å²) in [7, 11) is 0. The van der Waals surface area contributed by atoms with Gasteiger partial charge in [0.25, 0.3) is 5.91 Å². The van der Waals surface area contributed by atoms with E-state index in [1.807, 2.05) is 60.7 Å². The van der Waals surface area contributed by atoms with Crippen LogP contribution in [0.5, 0.6) is 0 Å². The van der Waals surface area contributed by atoms with Crippen molar-refractivity contribution in [1.29, 1.82) is 0 Å². The monoisotopic (exact) mass is 365 g/mol. The molecule has 0 spiro atoms. The Morgan fingerprint density at radius 1 is 1.15 bits per heavy atom. The van der Waals surface area contributed by atoms with E-state index >= 15 is 0 Å². The van der Waals surface area contributed by atoms with E-state index < -0.39 is 12.2 Å². The van der Waals surface area contributed by atoms with Crippen LogP contribution >= 0.6 is 0 Å². The maximum atomic E-state index is 13.0. The first-order valence-corrected chi connectivity index (χ1v) is 8.99. The lowest BCUT2D eigenvalue weighted by Gasteiger charge is -2.24. The minimum absolute atomic E-state index is 0.193. The second-order valence-corrected chi connectivity index (χ2v) is 6.44. The standard InChI is InChI=1S/C22H23NO4/c1-2-9-20(26-15-18-12-7-4-8-13-18)21(24)23-19(16-27-22(23)25)14-17-10-5-3-6-11-17/h2-8,10-13,19-20H,1,9,14-16H2/t19-,20+/m0/s1. The van der Waals surface area contributed by atoms with Gasteiger partial charge in [-0.1, -0.05) is 66.7 Å². The molecule has 1 aliphatic rings. The molecule has 2 amide bonds. The van der Waals surface area contributed by atoms with Crippen molar-refractivity contribution in [3.8, 4) is 0 Å². The third-order valence-electron chi connectivity index (χ3n) is 4.46. The van der Waals surface area contributed by atoms with Crippen molar-refractivity contribution in [2.75, 3.05) is 6.61 Å². The highest BCUT2D eigenvalue weighted by molar-refractivity contribution is 5.96. The van der Waals surface area contributed by atoms with Crippen LogP contribution in [0.3, 0.4) is 0 Å². The summed E-state index contributed by atoms with van der Waals surface area (Å²) < 4.78 is 11.0. The Morgan fingerprint density at radius 3 is 2.41 bits per heavy atom. The molecule has 0 N–H and O–H groups in total. The van der Waals surface area contributed by atoms with Gasteiger partial charge in [-0.3, -0.25) is 4.79 Å². The molecule has 5 nitrogen and oxygen atoms in total. The van der Waals surface area contributed by atoms with Gasteiger partial charge in [-0.25, -0.2) is 9.69 Å². The molecule has 0 bridgehead atoms. The molecule has 140 valence electrons. The number of amides is 2. The Hall–Kier alpha value is -2.92. The molecule has 0 radical (unpaired) electrons. The average Bonchev–Trinajstić information content (AvgIpc) is 3.06. The van der Waals surface area contributed by atoms with E-state index in [1.54, 1.807) is 6.08 Å². The van der Waals surface area contributed by atoms with E-state index in [-0.39, 0.29) is 25.2 Å². The topological polar surface area (TPSA) is 55.8 Å². The Kier molecular flexibility index (Phi) is 6.39. The summed E-state index contributed by atoms with van der Waals surface area (Å²) in [6, 6.07) is 19.0. The molecule has 3 rings (SSSR count). The molecule has 1 heterocycles. The largest absolute Gasteiger partial charge is 0.447 e. The molecule has 2 aromatic carbocycles. The summed E-state index contributed by atoms with van der Waals surface area (Å²) in [6.07, 6.45) is 1.12. The molecule has 1 saturated heterocycles. The summed E-state index contributed by atoms with van der Waals surface area (Å²) in [6.45, 7) is 4.19. The van der Waals surface area contributed by atoms with Crippen molar-refractivity contribution in [3.05, 3.63) is 84.4 Å². The molecule has 0 aliphatic carbocycles. The first-order valence-electron chi connectivity index (χ1n) is 8.99. The summed E-state index contributed by atoms with van der Waals surface area (Å²) in [5, 5.41) is 0. The van der Waals surface area contributed by atoms with Crippen LogP contribution < -0.4 is 0 Å². The van der Waals surface area contributed by atoms with Crippen LogP contribution in [0.4, 0.5) is 4.79 Å². The lowest BCUT2D eigenvalue weighted by atomic mass is 10.1. The molecule has 5 heteroatoms. The van der Waals surface area contributed by atoms with Crippen LogP contribution in [0, 0.1) is 0 Å². The molecule has 27 heavy (non-hydrogen) atoms. The molecule has 1 fully saturated rings. The van der Waals surface area contributed by atoms with Crippen molar-refractivity contribution < 1.29 is 19.1 Å². The third-order valence-corrected chi connectivity index (χ3v) is 4.46. The first-order chi connectivity index (χ1) is 13.2. The number of carbonyl (C=O) groups excluding carboxylic acids is 2. The molecule has 2 aromatic rings. The predicted octanol–water partition coefficient (Wildman–Crippen LogP) is 3.74. The zero-order chi connectivity index (χ0) is 19.1. The van der Waals surface area contributed by atoms with Gasteiger partial charge in [0.2, 0.25) is 0 Å². The molecule has 2 atom stereocenters. The number of hydrogen-bond acceptors (Lipinski definition) is 4. The molecule has 0 saturated carbocycles. The second-order valence-electron chi connectivity index (χ2n) is 6.44. The fourth-order valence-electron chi connectivity index (χ4n) is 3.08. The Morgan fingerprint density at radius 2 is 1.78 bits per heavy atom. The highest BCUT2D eigenvalue weighted by Crippen LogP contribution is 2.21. The summed E-state index contributed by atoms with van der Waals surface area (Å²) >= 11 is 0. The van der Waals surface area contributed by atoms with Gasteiger partial charge >= 0.3 is 6.09 Å². The number of nitrogens with zero attached hydrogens (tertiary/aromatic N) is 1. The Labute approximate surface area is 159 Å². The van der Waals surface area contributed by atoms with E-state index in [9.17, 15) is 9.59 Å². The highest BCUT2D eigenvalue weighted by Gasteiger charge is 2.40. The number of cyclic esters (lactones) is 1. The minimum atomic E-state index is -0.772. The molecular formula is C22H23NO4. The van der Waals surface area contributed by atoms with Gasteiger partial charge in [-0.2, -0.15) is 0 Å². The van der Waals surface area contributed by atoms with Crippen molar-refractivity contribution in [2.24, 2.45) is 0 Å². The van der Waals surface area contributed by atoms with E-state index in [0.717, 1.165) is 11.1 Å². The van der Waals surface area contributed by atoms with Crippen molar-refractivity contribution in [1.82, 2.24) is 4.90 Å². The van der Waals surface area contributed by atoms with Crippen LogP contribution in [-0.2, 0) is 27.3 Å². The molecule has 1 aliphatic heterocycles. The minimum Gasteiger partial charge on any atom is -0.447 e.